The molecule has 0 amide bonds. The van der Waals surface area contributed by atoms with Gasteiger partial charge < -0.3 is 0 Å². The van der Waals surface area contributed by atoms with Crippen molar-refractivity contribution in [1.82, 2.24) is 19.4 Å². The van der Waals surface area contributed by atoms with Crippen molar-refractivity contribution in [2.45, 2.75) is 13.5 Å². The zero-order chi connectivity index (χ0) is 17.9. The SMILES string of the molecule is Cc1nc2ccccc2c(=O)n1/N=C\c1cnn(Cc2ccccc2)c1. The number of para-hydroxylation sites is 1. The molecule has 0 aliphatic heterocycles. The molecule has 128 valence electrons. The number of aryl methyl sites for hydroxylation is 1. The van der Waals surface area contributed by atoms with Crippen LogP contribution in [-0.2, 0) is 6.54 Å². The topological polar surface area (TPSA) is 65.1 Å². The summed E-state index contributed by atoms with van der Waals surface area (Å²) in [6.45, 7) is 2.45. The highest BCUT2D eigenvalue weighted by molar-refractivity contribution is 5.79. The molecule has 26 heavy (non-hydrogen) atoms. The first kappa shape index (κ1) is 16.0. The summed E-state index contributed by atoms with van der Waals surface area (Å²) in [7, 11) is 0. The molecule has 0 spiro atoms. The Hall–Kier alpha value is -3.54. The molecule has 0 unspecified atom stereocenters. The molecule has 4 rings (SSSR count). The Bertz CT molecular complexity index is 1140. The third-order valence-electron chi connectivity index (χ3n) is 4.08. The highest BCUT2D eigenvalue weighted by atomic mass is 16.1. The lowest BCUT2D eigenvalue weighted by molar-refractivity contribution is 0.687. The number of nitrogens with zero attached hydrogens (tertiary/aromatic N) is 5. The van der Waals surface area contributed by atoms with Crippen molar-refractivity contribution in [1.29, 1.82) is 0 Å². The third-order valence-corrected chi connectivity index (χ3v) is 4.08. The minimum Gasteiger partial charge on any atom is -0.268 e. The second-order valence-corrected chi connectivity index (χ2v) is 5.99. The van der Waals surface area contributed by atoms with E-state index in [1.165, 1.54) is 10.2 Å². The van der Waals surface area contributed by atoms with Gasteiger partial charge in [0.25, 0.3) is 5.56 Å². The van der Waals surface area contributed by atoms with Gasteiger partial charge in [0.2, 0.25) is 0 Å². The molecular weight excluding hydrogens is 326 g/mol. The molecule has 0 atom stereocenters. The molecular formula is C20H17N5O. The molecule has 6 nitrogen and oxygen atoms in total. The van der Waals surface area contributed by atoms with Gasteiger partial charge in [-0.15, -0.1) is 0 Å². The molecule has 0 aliphatic carbocycles. The Balaban J connectivity index is 1.61. The first-order chi connectivity index (χ1) is 12.7. The van der Waals surface area contributed by atoms with Crippen LogP contribution in [0.3, 0.4) is 0 Å². The van der Waals surface area contributed by atoms with Crippen LogP contribution in [-0.4, -0.2) is 25.7 Å². The average molecular weight is 343 g/mol. The summed E-state index contributed by atoms with van der Waals surface area (Å²) in [6, 6.07) is 17.4. The van der Waals surface area contributed by atoms with Crippen LogP contribution in [0.5, 0.6) is 0 Å². The number of hydrogen-bond donors (Lipinski definition) is 0. The molecule has 2 heterocycles. The summed E-state index contributed by atoms with van der Waals surface area (Å²) in [5.74, 6) is 0.543. The normalized spacial score (nSPS) is 11.4. The summed E-state index contributed by atoms with van der Waals surface area (Å²) in [5.41, 5.74) is 2.49. The lowest BCUT2D eigenvalue weighted by Crippen LogP contribution is -2.20. The van der Waals surface area contributed by atoms with E-state index < -0.39 is 0 Å². The summed E-state index contributed by atoms with van der Waals surface area (Å²) in [4.78, 5) is 17.0. The molecule has 6 heteroatoms. The highest BCUT2D eigenvalue weighted by Gasteiger charge is 2.06. The maximum absolute atomic E-state index is 12.6. The maximum Gasteiger partial charge on any atom is 0.282 e. The van der Waals surface area contributed by atoms with Gasteiger partial charge >= 0.3 is 0 Å². The second-order valence-electron chi connectivity index (χ2n) is 5.99. The summed E-state index contributed by atoms with van der Waals surface area (Å²) in [5, 5.41) is 9.20. The van der Waals surface area contributed by atoms with E-state index in [1.807, 2.05) is 47.3 Å². The van der Waals surface area contributed by atoms with Gasteiger partial charge in [-0.3, -0.25) is 9.48 Å². The van der Waals surface area contributed by atoms with Crippen LogP contribution in [0.1, 0.15) is 17.0 Å². The van der Waals surface area contributed by atoms with Crippen molar-refractivity contribution in [3.63, 3.8) is 0 Å². The van der Waals surface area contributed by atoms with Crippen molar-refractivity contribution in [3.8, 4) is 0 Å². The second kappa shape index (κ2) is 6.76. The van der Waals surface area contributed by atoms with Gasteiger partial charge in [0, 0.05) is 11.8 Å². The minimum absolute atomic E-state index is 0.180. The van der Waals surface area contributed by atoms with E-state index in [2.05, 4.69) is 27.3 Å². The van der Waals surface area contributed by atoms with Gasteiger partial charge in [-0.2, -0.15) is 14.9 Å². The van der Waals surface area contributed by atoms with Crippen LogP contribution < -0.4 is 5.56 Å². The molecule has 0 aliphatic rings. The van der Waals surface area contributed by atoms with Crippen LogP contribution in [0.15, 0.2) is 76.9 Å². The van der Waals surface area contributed by atoms with Gasteiger partial charge in [-0.25, -0.2) is 4.98 Å². The maximum atomic E-state index is 12.6. The van der Waals surface area contributed by atoms with Crippen molar-refractivity contribution in [2.75, 3.05) is 0 Å². The number of hydrogen-bond acceptors (Lipinski definition) is 4. The molecule has 4 aromatic rings. The predicted octanol–water partition coefficient (Wildman–Crippen LogP) is 2.83. The molecule has 2 aromatic heterocycles. The van der Waals surface area contributed by atoms with Crippen molar-refractivity contribution >= 4 is 17.1 Å². The fraction of sp³-hybridized carbons (Fsp3) is 0.100. The minimum atomic E-state index is -0.180. The number of rotatable bonds is 4. The Morgan fingerprint density at radius 3 is 2.69 bits per heavy atom. The van der Waals surface area contributed by atoms with Gasteiger partial charge in [-0.05, 0) is 24.6 Å². The van der Waals surface area contributed by atoms with E-state index in [4.69, 9.17) is 0 Å². The Labute approximate surface area is 150 Å². The van der Waals surface area contributed by atoms with E-state index >= 15 is 0 Å². The Morgan fingerprint density at radius 1 is 1.08 bits per heavy atom. The van der Waals surface area contributed by atoms with Crippen LogP contribution in [0, 0.1) is 6.92 Å². The van der Waals surface area contributed by atoms with E-state index in [1.54, 1.807) is 25.4 Å². The molecule has 0 N–H and O–H groups in total. The zero-order valence-corrected chi connectivity index (χ0v) is 14.3. The van der Waals surface area contributed by atoms with Crippen molar-refractivity contribution < 1.29 is 0 Å². The van der Waals surface area contributed by atoms with E-state index in [0.29, 0.717) is 23.3 Å². The van der Waals surface area contributed by atoms with Gasteiger partial charge in [0.05, 0.1) is 29.9 Å². The first-order valence-electron chi connectivity index (χ1n) is 8.30. The fourth-order valence-corrected chi connectivity index (χ4v) is 2.80. The van der Waals surface area contributed by atoms with Crippen LogP contribution >= 0.6 is 0 Å². The largest absolute Gasteiger partial charge is 0.282 e. The van der Waals surface area contributed by atoms with Crippen molar-refractivity contribution in [2.24, 2.45) is 5.10 Å². The Kier molecular flexibility index (Phi) is 4.15. The number of fused-ring (bicyclic) bond motifs is 1. The van der Waals surface area contributed by atoms with Gasteiger partial charge in [0.1, 0.15) is 5.82 Å². The van der Waals surface area contributed by atoms with Crippen LogP contribution in [0.2, 0.25) is 0 Å². The van der Waals surface area contributed by atoms with Gasteiger partial charge in [-0.1, -0.05) is 42.5 Å². The van der Waals surface area contributed by atoms with E-state index in [9.17, 15) is 4.79 Å². The monoisotopic (exact) mass is 343 g/mol. The molecule has 0 saturated heterocycles. The summed E-state index contributed by atoms with van der Waals surface area (Å²) < 4.78 is 3.15. The molecule has 0 bridgehead atoms. The van der Waals surface area contributed by atoms with Crippen molar-refractivity contribution in [3.05, 3.63) is 94.3 Å². The van der Waals surface area contributed by atoms with E-state index in [0.717, 1.165) is 5.56 Å². The smallest absolute Gasteiger partial charge is 0.268 e. The molecule has 0 radical (unpaired) electrons. The molecule has 0 saturated carbocycles. The summed E-state index contributed by atoms with van der Waals surface area (Å²) >= 11 is 0. The number of benzene rings is 2. The zero-order valence-electron chi connectivity index (χ0n) is 14.3. The van der Waals surface area contributed by atoms with Crippen LogP contribution in [0.4, 0.5) is 0 Å². The lowest BCUT2D eigenvalue weighted by Gasteiger charge is -2.04. The quantitative estimate of drug-likeness (QED) is 0.535. The summed E-state index contributed by atoms with van der Waals surface area (Å²) in [6.07, 6.45) is 5.24. The molecule has 0 fully saturated rings. The third kappa shape index (κ3) is 3.17. The van der Waals surface area contributed by atoms with E-state index in [-0.39, 0.29) is 5.56 Å². The first-order valence-corrected chi connectivity index (χ1v) is 8.30. The highest BCUT2D eigenvalue weighted by Crippen LogP contribution is 2.07. The van der Waals surface area contributed by atoms with Gasteiger partial charge in [0.15, 0.2) is 0 Å². The predicted molar refractivity (Wildman–Crippen MR) is 102 cm³/mol. The fourth-order valence-electron chi connectivity index (χ4n) is 2.80. The average Bonchev–Trinajstić information content (AvgIpc) is 3.10. The van der Waals surface area contributed by atoms with Crippen LogP contribution in [0.25, 0.3) is 10.9 Å². The standard InChI is InChI=1S/C20H17N5O/c1-15-23-19-10-6-5-9-18(19)20(26)25(15)22-12-17-11-21-24(14-17)13-16-7-3-2-4-8-16/h2-12,14H,13H2,1H3/b22-12-. The molecule has 2 aromatic carbocycles. The number of aromatic nitrogens is 4. The Morgan fingerprint density at radius 2 is 1.85 bits per heavy atom. The lowest BCUT2D eigenvalue weighted by atomic mass is 10.2.